The van der Waals surface area contributed by atoms with Crippen LogP contribution in [0.2, 0.25) is 0 Å². The van der Waals surface area contributed by atoms with E-state index in [0.717, 1.165) is 32.1 Å². The molecule has 5 aliphatic rings. The molecule has 1 aliphatic heterocycles. The third-order valence-corrected chi connectivity index (χ3v) is 6.90. The van der Waals surface area contributed by atoms with Gasteiger partial charge in [-0.3, -0.25) is 4.79 Å². The van der Waals surface area contributed by atoms with E-state index in [-0.39, 0.29) is 5.41 Å². The Morgan fingerprint density at radius 2 is 1.96 bits per heavy atom. The van der Waals surface area contributed by atoms with E-state index >= 15 is 0 Å². The number of fused-ring (bicyclic) bond motifs is 4. The highest BCUT2D eigenvalue weighted by atomic mass is 16.7. The number of carbonyl (C=O) groups is 1. The third kappa shape index (κ3) is 1.87. The van der Waals surface area contributed by atoms with Crippen LogP contribution in [-0.2, 0) is 14.3 Å². The van der Waals surface area contributed by atoms with Gasteiger partial charge in [0.05, 0.1) is 13.2 Å². The Bertz CT molecular complexity index is 662. The Balaban J connectivity index is 1.57. The number of allylic oxidation sites excluding steroid dienone is 5. The van der Waals surface area contributed by atoms with Crippen LogP contribution in [0.25, 0.3) is 0 Å². The van der Waals surface area contributed by atoms with Gasteiger partial charge in [0.25, 0.3) is 0 Å². The van der Waals surface area contributed by atoms with Gasteiger partial charge >= 0.3 is 0 Å². The van der Waals surface area contributed by atoms with Gasteiger partial charge in [0.15, 0.2) is 5.79 Å². The van der Waals surface area contributed by atoms with E-state index in [1.54, 1.807) is 0 Å². The highest BCUT2D eigenvalue weighted by Crippen LogP contribution is 2.56. The largest absolute Gasteiger partial charge is 0.344 e. The maximum atomic E-state index is 12.3. The Morgan fingerprint density at radius 1 is 1.13 bits per heavy atom. The number of hydrogen-bond donors (Lipinski definition) is 0. The molecule has 0 aromatic heterocycles. The summed E-state index contributed by atoms with van der Waals surface area (Å²) in [6.45, 7) is 3.58. The van der Waals surface area contributed by atoms with E-state index in [1.165, 1.54) is 23.1 Å². The van der Waals surface area contributed by atoms with E-state index in [0.29, 0.717) is 30.8 Å². The molecule has 3 nitrogen and oxygen atoms in total. The molecule has 1 saturated carbocycles. The average Bonchev–Trinajstić information content (AvgIpc) is 3.12. The van der Waals surface area contributed by atoms with E-state index in [1.807, 2.05) is 0 Å². The molecule has 2 fully saturated rings. The van der Waals surface area contributed by atoms with Crippen molar-refractivity contribution >= 4 is 5.78 Å². The fourth-order valence-electron chi connectivity index (χ4n) is 5.63. The van der Waals surface area contributed by atoms with Crippen molar-refractivity contribution in [2.45, 2.75) is 51.2 Å². The van der Waals surface area contributed by atoms with Crippen molar-refractivity contribution in [1.29, 1.82) is 0 Å². The zero-order valence-electron chi connectivity index (χ0n) is 13.8. The van der Waals surface area contributed by atoms with Crippen LogP contribution in [0.4, 0.5) is 0 Å². The lowest BCUT2D eigenvalue weighted by Crippen LogP contribution is -2.38. The zero-order valence-corrected chi connectivity index (χ0v) is 13.8. The minimum absolute atomic E-state index is 0.205. The minimum atomic E-state index is -0.442. The first-order valence-electron chi connectivity index (χ1n) is 9.07. The predicted molar refractivity (Wildman–Crippen MR) is 86.7 cm³/mol. The second-order valence-electron chi connectivity index (χ2n) is 7.94. The zero-order chi connectivity index (χ0) is 15.7. The Kier molecular flexibility index (Phi) is 2.88. The molecule has 122 valence electrons. The normalized spacial score (nSPS) is 40.9. The van der Waals surface area contributed by atoms with Gasteiger partial charge in [-0.05, 0) is 67.2 Å². The van der Waals surface area contributed by atoms with Gasteiger partial charge < -0.3 is 9.47 Å². The summed E-state index contributed by atoms with van der Waals surface area (Å²) in [5, 5.41) is 0. The molecule has 3 heteroatoms. The number of rotatable bonds is 0. The van der Waals surface area contributed by atoms with E-state index < -0.39 is 5.79 Å². The quantitative estimate of drug-likeness (QED) is 0.684. The molecular formula is C20H24O3. The maximum absolute atomic E-state index is 12.3. The van der Waals surface area contributed by atoms with E-state index in [2.05, 4.69) is 25.2 Å². The number of hydrogen-bond acceptors (Lipinski definition) is 3. The summed E-state index contributed by atoms with van der Waals surface area (Å²) in [5.74, 6) is 1.09. The van der Waals surface area contributed by atoms with Gasteiger partial charge in [-0.1, -0.05) is 12.2 Å². The van der Waals surface area contributed by atoms with Crippen molar-refractivity contribution in [3.8, 4) is 0 Å². The van der Waals surface area contributed by atoms with Crippen molar-refractivity contribution in [2.75, 3.05) is 13.2 Å². The molecule has 1 heterocycles. The first kappa shape index (κ1) is 14.2. The summed E-state index contributed by atoms with van der Waals surface area (Å²) in [7, 11) is 0. The SMILES string of the molecule is C[C@]12C=CC3=C4CCC5(C=C4CCC3C1CCC2=O)OCCO5. The number of ketones is 1. The van der Waals surface area contributed by atoms with Gasteiger partial charge in [-0.15, -0.1) is 0 Å². The molecule has 5 rings (SSSR count). The molecule has 1 saturated heterocycles. The van der Waals surface area contributed by atoms with Crippen LogP contribution in [0, 0.1) is 17.3 Å². The molecule has 0 N–H and O–H groups in total. The van der Waals surface area contributed by atoms with Crippen LogP contribution >= 0.6 is 0 Å². The van der Waals surface area contributed by atoms with Crippen molar-refractivity contribution in [3.63, 3.8) is 0 Å². The average molecular weight is 312 g/mol. The number of carbonyl (C=O) groups excluding carboxylic acids is 1. The van der Waals surface area contributed by atoms with E-state index in [4.69, 9.17) is 9.47 Å². The maximum Gasteiger partial charge on any atom is 0.188 e. The number of ether oxygens (including phenoxy) is 2. The molecule has 0 aromatic rings. The second-order valence-corrected chi connectivity index (χ2v) is 7.94. The first-order valence-corrected chi connectivity index (χ1v) is 9.07. The first-order chi connectivity index (χ1) is 11.1. The summed E-state index contributed by atoms with van der Waals surface area (Å²) >= 11 is 0. The highest BCUT2D eigenvalue weighted by Gasteiger charge is 2.51. The van der Waals surface area contributed by atoms with Crippen LogP contribution in [0.15, 0.2) is 34.9 Å². The minimum Gasteiger partial charge on any atom is -0.344 e. The fourth-order valence-corrected chi connectivity index (χ4v) is 5.63. The van der Waals surface area contributed by atoms with Crippen molar-refractivity contribution < 1.29 is 14.3 Å². The van der Waals surface area contributed by atoms with Crippen LogP contribution in [-0.4, -0.2) is 24.8 Å². The van der Waals surface area contributed by atoms with Gasteiger partial charge in [0, 0.05) is 18.3 Å². The van der Waals surface area contributed by atoms with Gasteiger partial charge in [0.2, 0.25) is 0 Å². The summed E-state index contributed by atoms with van der Waals surface area (Å²) in [4.78, 5) is 12.3. The Morgan fingerprint density at radius 3 is 2.78 bits per heavy atom. The Hall–Kier alpha value is -1.19. The van der Waals surface area contributed by atoms with Gasteiger partial charge in [0.1, 0.15) is 5.78 Å². The molecule has 0 amide bonds. The second kappa shape index (κ2) is 4.67. The van der Waals surface area contributed by atoms with Crippen LogP contribution in [0.1, 0.15) is 45.4 Å². The topological polar surface area (TPSA) is 35.5 Å². The lowest BCUT2D eigenvalue weighted by Gasteiger charge is -2.44. The van der Waals surface area contributed by atoms with Crippen molar-refractivity contribution in [3.05, 3.63) is 34.9 Å². The molecule has 23 heavy (non-hydrogen) atoms. The number of Topliss-reactive ketones (excluding diaryl/α,β-unsaturated/α-hetero) is 1. The van der Waals surface area contributed by atoms with E-state index in [9.17, 15) is 4.79 Å². The van der Waals surface area contributed by atoms with Crippen molar-refractivity contribution in [2.24, 2.45) is 17.3 Å². The molecule has 0 radical (unpaired) electrons. The van der Waals surface area contributed by atoms with Gasteiger partial charge in [-0.25, -0.2) is 0 Å². The molecule has 1 spiro atoms. The fraction of sp³-hybridized carbons (Fsp3) is 0.650. The molecular weight excluding hydrogens is 288 g/mol. The van der Waals surface area contributed by atoms with Crippen LogP contribution in [0.3, 0.4) is 0 Å². The van der Waals surface area contributed by atoms with Crippen molar-refractivity contribution in [1.82, 2.24) is 0 Å². The predicted octanol–water partition coefficient (Wildman–Crippen LogP) is 3.71. The van der Waals surface area contributed by atoms with Crippen LogP contribution in [0.5, 0.6) is 0 Å². The monoisotopic (exact) mass is 312 g/mol. The van der Waals surface area contributed by atoms with Gasteiger partial charge in [-0.2, -0.15) is 0 Å². The van der Waals surface area contributed by atoms with Crippen LogP contribution < -0.4 is 0 Å². The Labute approximate surface area is 137 Å². The third-order valence-electron chi connectivity index (χ3n) is 6.90. The molecule has 3 atom stereocenters. The molecule has 0 aromatic carbocycles. The smallest absolute Gasteiger partial charge is 0.188 e. The standard InChI is InChI=1S/C20H24O3/c1-19-8-6-15-14-7-9-20(22-10-11-23-20)12-13(14)2-3-16(15)17(19)4-5-18(19)21/h6,8,12,16-17H,2-5,7,9-11H2,1H3/t16?,17?,19-/m0/s1. The summed E-state index contributed by atoms with van der Waals surface area (Å²) in [6, 6.07) is 0. The lowest BCUT2D eigenvalue weighted by atomic mass is 9.61. The summed E-state index contributed by atoms with van der Waals surface area (Å²) in [5.41, 5.74) is 4.25. The molecule has 0 bridgehead atoms. The summed E-state index contributed by atoms with van der Waals surface area (Å²) < 4.78 is 11.8. The lowest BCUT2D eigenvalue weighted by molar-refractivity contribution is -0.124. The molecule has 2 unspecified atom stereocenters. The molecule has 4 aliphatic carbocycles. The summed E-state index contributed by atoms with van der Waals surface area (Å²) in [6.07, 6.45) is 12.8. The highest BCUT2D eigenvalue weighted by molar-refractivity contribution is 5.89.